The molecule has 1 aromatic rings. The van der Waals surface area contributed by atoms with E-state index >= 15 is 0 Å². The Kier molecular flexibility index (Phi) is 5.18. The zero-order chi connectivity index (χ0) is 12.7. The summed E-state index contributed by atoms with van der Waals surface area (Å²) in [5, 5.41) is 18.4. The Hall–Kier alpha value is -1.86. The molecular weight excluding hydrogens is 216 g/mol. The Labute approximate surface area is 101 Å². The maximum absolute atomic E-state index is 11.9. The summed E-state index contributed by atoms with van der Waals surface area (Å²) >= 11 is 0. The van der Waals surface area contributed by atoms with Gasteiger partial charge in [-0.2, -0.15) is 5.26 Å². The fourth-order valence-electron chi connectivity index (χ4n) is 1.56. The standard InChI is InChI=1S/C13H16N2O2/c1-2-15(10-6-9-14)13(17)12(16)11-7-4-3-5-8-11/h3-5,7-8,12,16H,2,6,10H2,1H3. The van der Waals surface area contributed by atoms with Crippen LogP contribution in [0, 0.1) is 11.3 Å². The molecule has 90 valence electrons. The Morgan fingerprint density at radius 2 is 2.12 bits per heavy atom. The van der Waals surface area contributed by atoms with Crippen molar-refractivity contribution in [2.45, 2.75) is 19.4 Å². The minimum absolute atomic E-state index is 0.279. The van der Waals surface area contributed by atoms with Gasteiger partial charge in [-0.05, 0) is 12.5 Å². The van der Waals surface area contributed by atoms with Crippen LogP contribution in [-0.4, -0.2) is 29.0 Å². The van der Waals surface area contributed by atoms with Gasteiger partial charge in [-0.25, -0.2) is 0 Å². The lowest BCUT2D eigenvalue weighted by Crippen LogP contribution is -2.35. The number of carbonyl (C=O) groups excluding carboxylic acids is 1. The van der Waals surface area contributed by atoms with Gasteiger partial charge < -0.3 is 10.0 Å². The van der Waals surface area contributed by atoms with Gasteiger partial charge in [-0.15, -0.1) is 0 Å². The van der Waals surface area contributed by atoms with Gasteiger partial charge in [0.05, 0.1) is 12.5 Å². The lowest BCUT2D eigenvalue weighted by atomic mass is 10.1. The third-order valence-corrected chi connectivity index (χ3v) is 2.54. The number of hydrogen-bond acceptors (Lipinski definition) is 3. The summed E-state index contributed by atoms with van der Waals surface area (Å²) in [7, 11) is 0. The summed E-state index contributed by atoms with van der Waals surface area (Å²) in [4.78, 5) is 13.4. The quantitative estimate of drug-likeness (QED) is 0.836. The van der Waals surface area contributed by atoms with Crippen LogP contribution in [0.5, 0.6) is 0 Å². The van der Waals surface area contributed by atoms with Crippen LogP contribution in [0.25, 0.3) is 0 Å². The maximum atomic E-state index is 11.9. The van der Waals surface area contributed by atoms with Crippen molar-refractivity contribution < 1.29 is 9.90 Å². The van der Waals surface area contributed by atoms with Crippen LogP contribution in [0.2, 0.25) is 0 Å². The van der Waals surface area contributed by atoms with Gasteiger partial charge in [0.1, 0.15) is 0 Å². The van der Waals surface area contributed by atoms with Crippen LogP contribution >= 0.6 is 0 Å². The second kappa shape index (κ2) is 6.66. The van der Waals surface area contributed by atoms with Crippen LogP contribution < -0.4 is 0 Å². The fourth-order valence-corrected chi connectivity index (χ4v) is 1.56. The zero-order valence-corrected chi connectivity index (χ0v) is 9.84. The number of nitriles is 1. The lowest BCUT2D eigenvalue weighted by Gasteiger charge is -2.22. The van der Waals surface area contributed by atoms with E-state index in [9.17, 15) is 9.90 Å². The number of rotatable bonds is 5. The average Bonchev–Trinajstić information content (AvgIpc) is 2.39. The number of likely N-dealkylation sites (N-methyl/N-ethyl adjacent to an activating group) is 1. The van der Waals surface area contributed by atoms with Gasteiger partial charge in [0, 0.05) is 13.1 Å². The van der Waals surface area contributed by atoms with Gasteiger partial charge >= 0.3 is 0 Å². The number of benzene rings is 1. The second-order valence-electron chi connectivity index (χ2n) is 3.64. The number of amides is 1. The molecule has 0 aliphatic carbocycles. The first-order valence-electron chi connectivity index (χ1n) is 5.59. The molecule has 0 saturated heterocycles. The molecule has 1 amide bonds. The summed E-state index contributed by atoms with van der Waals surface area (Å²) in [5.74, 6) is -0.353. The predicted molar refractivity (Wildman–Crippen MR) is 63.9 cm³/mol. The SMILES string of the molecule is CCN(CCC#N)C(=O)C(O)c1ccccc1. The van der Waals surface area contributed by atoms with Crippen LogP contribution in [0.3, 0.4) is 0 Å². The molecule has 0 aliphatic heterocycles. The lowest BCUT2D eigenvalue weighted by molar-refractivity contribution is -0.140. The van der Waals surface area contributed by atoms with Crippen molar-refractivity contribution in [1.29, 1.82) is 5.26 Å². The Morgan fingerprint density at radius 3 is 2.65 bits per heavy atom. The van der Waals surface area contributed by atoms with Gasteiger partial charge in [-0.1, -0.05) is 30.3 Å². The number of aliphatic hydroxyl groups excluding tert-OH is 1. The van der Waals surface area contributed by atoms with Crippen LogP contribution in [0.4, 0.5) is 0 Å². The largest absolute Gasteiger partial charge is 0.378 e. The van der Waals surface area contributed by atoms with Crippen molar-refractivity contribution in [3.63, 3.8) is 0 Å². The minimum Gasteiger partial charge on any atom is -0.378 e. The fraction of sp³-hybridized carbons (Fsp3) is 0.385. The van der Waals surface area contributed by atoms with E-state index in [4.69, 9.17) is 5.26 Å². The molecule has 0 spiro atoms. The molecular formula is C13H16N2O2. The third kappa shape index (κ3) is 3.58. The Bertz CT molecular complexity index is 398. The van der Waals surface area contributed by atoms with Gasteiger partial charge in [-0.3, -0.25) is 4.79 Å². The van der Waals surface area contributed by atoms with E-state index in [0.717, 1.165) is 0 Å². The van der Waals surface area contributed by atoms with Crippen molar-refractivity contribution >= 4 is 5.91 Å². The summed E-state index contributed by atoms with van der Waals surface area (Å²) in [6, 6.07) is 10.8. The molecule has 17 heavy (non-hydrogen) atoms. The molecule has 0 heterocycles. The molecule has 0 saturated carbocycles. The highest BCUT2D eigenvalue weighted by atomic mass is 16.3. The number of aliphatic hydroxyl groups is 1. The maximum Gasteiger partial charge on any atom is 0.256 e. The molecule has 1 aromatic carbocycles. The summed E-state index contributed by atoms with van der Waals surface area (Å²) in [5.41, 5.74) is 0.577. The molecule has 1 N–H and O–H groups in total. The molecule has 1 unspecified atom stereocenters. The van der Waals surface area contributed by atoms with Crippen molar-refractivity contribution in [2.24, 2.45) is 0 Å². The van der Waals surface area contributed by atoms with E-state index in [1.165, 1.54) is 4.90 Å². The number of hydrogen-bond donors (Lipinski definition) is 1. The van der Waals surface area contributed by atoms with Gasteiger partial charge in [0.25, 0.3) is 5.91 Å². The van der Waals surface area contributed by atoms with Crippen molar-refractivity contribution in [2.75, 3.05) is 13.1 Å². The van der Waals surface area contributed by atoms with E-state index in [1.54, 1.807) is 24.3 Å². The first-order valence-corrected chi connectivity index (χ1v) is 5.59. The van der Waals surface area contributed by atoms with E-state index in [-0.39, 0.29) is 12.3 Å². The van der Waals surface area contributed by atoms with E-state index < -0.39 is 6.10 Å². The summed E-state index contributed by atoms with van der Waals surface area (Å²) in [6.45, 7) is 2.67. The molecule has 4 heteroatoms. The highest BCUT2D eigenvalue weighted by Crippen LogP contribution is 2.15. The van der Waals surface area contributed by atoms with Crippen molar-refractivity contribution in [3.8, 4) is 6.07 Å². The second-order valence-corrected chi connectivity index (χ2v) is 3.64. The highest BCUT2D eigenvalue weighted by molar-refractivity contribution is 5.82. The van der Waals surface area contributed by atoms with E-state index in [2.05, 4.69) is 0 Å². The molecule has 1 atom stereocenters. The van der Waals surface area contributed by atoms with Crippen LogP contribution in [0.1, 0.15) is 25.0 Å². The Morgan fingerprint density at radius 1 is 1.47 bits per heavy atom. The third-order valence-electron chi connectivity index (χ3n) is 2.54. The smallest absolute Gasteiger partial charge is 0.256 e. The topological polar surface area (TPSA) is 64.3 Å². The normalized spacial score (nSPS) is 11.6. The number of nitrogens with zero attached hydrogens (tertiary/aromatic N) is 2. The van der Waals surface area contributed by atoms with E-state index in [0.29, 0.717) is 18.7 Å². The molecule has 0 bridgehead atoms. The van der Waals surface area contributed by atoms with Crippen molar-refractivity contribution in [1.82, 2.24) is 4.90 Å². The van der Waals surface area contributed by atoms with Crippen LogP contribution in [0.15, 0.2) is 30.3 Å². The van der Waals surface area contributed by atoms with Crippen LogP contribution in [-0.2, 0) is 4.79 Å². The van der Waals surface area contributed by atoms with Gasteiger partial charge in [0.2, 0.25) is 0 Å². The molecule has 0 fully saturated rings. The van der Waals surface area contributed by atoms with Gasteiger partial charge in [0.15, 0.2) is 6.10 Å². The average molecular weight is 232 g/mol. The van der Waals surface area contributed by atoms with E-state index in [1.807, 2.05) is 19.1 Å². The zero-order valence-electron chi connectivity index (χ0n) is 9.84. The molecule has 0 aliphatic rings. The summed E-state index contributed by atoms with van der Waals surface area (Å²) < 4.78 is 0. The highest BCUT2D eigenvalue weighted by Gasteiger charge is 2.22. The first-order chi connectivity index (χ1) is 8.20. The number of carbonyl (C=O) groups is 1. The molecule has 0 radical (unpaired) electrons. The Balaban J connectivity index is 2.71. The first kappa shape index (κ1) is 13.2. The minimum atomic E-state index is -1.14. The molecule has 0 aromatic heterocycles. The molecule has 1 rings (SSSR count). The molecule has 4 nitrogen and oxygen atoms in total. The summed E-state index contributed by atoms with van der Waals surface area (Å²) in [6.07, 6.45) is -0.865. The van der Waals surface area contributed by atoms with Crippen molar-refractivity contribution in [3.05, 3.63) is 35.9 Å². The monoisotopic (exact) mass is 232 g/mol. The predicted octanol–water partition coefficient (Wildman–Crippen LogP) is 1.48.